The third kappa shape index (κ3) is 2.55. The third-order valence-electron chi connectivity index (χ3n) is 1.95. The van der Waals surface area contributed by atoms with Gasteiger partial charge in [0.2, 0.25) is 0 Å². The largest absolute Gasteiger partial charge is 0.374 e. The highest BCUT2D eigenvalue weighted by Gasteiger charge is 2.13. The minimum absolute atomic E-state index is 0.116. The van der Waals surface area contributed by atoms with E-state index in [1.165, 1.54) is 0 Å². The molecule has 0 bridgehead atoms. The Hall–Kier alpha value is 0.0600. The van der Waals surface area contributed by atoms with Crippen molar-refractivity contribution in [1.29, 1.82) is 0 Å². The molecule has 1 unspecified atom stereocenters. The lowest BCUT2D eigenvalue weighted by Gasteiger charge is -2.11. The second kappa shape index (κ2) is 5.23. The highest BCUT2D eigenvalue weighted by Crippen LogP contribution is 2.22. The summed E-state index contributed by atoms with van der Waals surface area (Å²) in [6.07, 6.45) is 0.735. The van der Waals surface area contributed by atoms with Crippen molar-refractivity contribution in [2.75, 3.05) is 7.11 Å². The molecule has 0 N–H and O–H groups in total. The van der Waals surface area contributed by atoms with Gasteiger partial charge in [0.1, 0.15) is 11.3 Å². The van der Waals surface area contributed by atoms with Gasteiger partial charge in [-0.2, -0.15) is 0 Å². The number of hydrogen-bond donors (Lipinski definition) is 0. The zero-order valence-corrected chi connectivity index (χ0v) is 11.3. The van der Waals surface area contributed by atoms with Crippen LogP contribution in [0.25, 0.3) is 0 Å². The van der Waals surface area contributed by atoms with Crippen LogP contribution in [0.15, 0.2) is 0 Å². The van der Waals surface area contributed by atoms with E-state index in [9.17, 15) is 0 Å². The molecular weight excluding hydrogens is 314 g/mol. The molecule has 5 heteroatoms. The summed E-state index contributed by atoms with van der Waals surface area (Å²) in [6, 6.07) is 0. The normalized spacial score (nSPS) is 12.9. The van der Waals surface area contributed by atoms with Crippen LogP contribution in [-0.2, 0) is 11.2 Å². The van der Waals surface area contributed by atoms with Crippen molar-refractivity contribution in [3.8, 4) is 0 Å². The fraction of sp³-hybridized carbons (Fsp3) is 0.556. The van der Waals surface area contributed by atoms with Crippen molar-refractivity contribution in [3.05, 3.63) is 20.2 Å². The van der Waals surface area contributed by atoms with E-state index in [1.807, 2.05) is 13.8 Å². The van der Waals surface area contributed by atoms with E-state index in [-0.39, 0.29) is 6.10 Å². The van der Waals surface area contributed by atoms with Gasteiger partial charge in [-0.3, -0.25) is 0 Å². The van der Waals surface area contributed by atoms with Crippen molar-refractivity contribution >= 4 is 34.2 Å². The lowest BCUT2D eigenvalue weighted by molar-refractivity contribution is 0.112. The molecular formula is C9H12ClIN2O. The molecule has 1 rings (SSSR count). The molecule has 0 aliphatic rings. The second-order valence-corrected chi connectivity index (χ2v) is 4.30. The van der Waals surface area contributed by atoms with Crippen LogP contribution in [-0.4, -0.2) is 17.1 Å². The molecule has 0 saturated carbocycles. The number of methoxy groups -OCH3 is 1. The topological polar surface area (TPSA) is 35.0 Å². The van der Waals surface area contributed by atoms with E-state index in [2.05, 4.69) is 32.6 Å². The standard InChI is InChI=1S/C9H12ClIN2O/c1-4-6-7(11)8(10)13-9(12-6)5(2)14-3/h5H,4H2,1-3H3. The first-order valence-electron chi connectivity index (χ1n) is 4.34. The zero-order valence-electron chi connectivity index (χ0n) is 8.34. The fourth-order valence-electron chi connectivity index (χ4n) is 1.00. The van der Waals surface area contributed by atoms with Gasteiger partial charge >= 0.3 is 0 Å². The summed E-state index contributed by atoms with van der Waals surface area (Å²) in [6.45, 7) is 3.94. The highest BCUT2D eigenvalue weighted by atomic mass is 127. The average Bonchev–Trinajstić information content (AvgIpc) is 2.20. The van der Waals surface area contributed by atoms with Gasteiger partial charge in [0.25, 0.3) is 0 Å². The summed E-state index contributed by atoms with van der Waals surface area (Å²) in [5.41, 5.74) is 0.976. The molecule has 0 aliphatic heterocycles. The summed E-state index contributed by atoms with van der Waals surface area (Å²) in [5, 5.41) is 0.511. The lowest BCUT2D eigenvalue weighted by atomic mass is 10.3. The van der Waals surface area contributed by atoms with Gasteiger partial charge in [0.15, 0.2) is 5.82 Å². The van der Waals surface area contributed by atoms with Crippen molar-refractivity contribution in [2.24, 2.45) is 0 Å². The summed E-state index contributed by atoms with van der Waals surface area (Å²) in [4.78, 5) is 8.57. The van der Waals surface area contributed by atoms with Crippen LogP contribution in [0.2, 0.25) is 5.15 Å². The van der Waals surface area contributed by atoms with Gasteiger partial charge in [0, 0.05) is 7.11 Å². The smallest absolute Gasteiger partial charge is 0.158 e. The molecule has 0 amide bonds. The summed E-state index contributed by atoms with van der Waals surface area (Å²) in [7, 11) is 1.63. The number of nitrogens with zero attached hydrogens (tertiary/aromatic N) is 2. The van der Waals surface area contributed by atoms with Crippen LogP contribution < -0.4 is 0 Å². The molecule has 1 aromatic heterocycles. The number of rotatable bonds is 3. The molecule has 78 valence electrons. The van der Waals surface area contributed by atoms with Crippen LogP contribution in [0.3, 0.4) is 0 Å². The first-order chi connectivity index (χ1) is 6.60. The summed E-state index contributed by atoms with van der Waals surface area (Å²) >= 11 is 8.14. The van der Waals surface area contributed by atoms with E-state index in [1.54, 1.807) is 7.11 Å². The molecule has 3 nitrogen and oxygen atoms in total. The predicted octanol–water partition coefficient (Wildman–Crippen LogP) is 3.00. The van der Waals surface area contributed by atoms with Crippen LogP contribution in [0, 0.1) is 3.57 Å². The number of aryl methyl sites for hydroxylation is 1. The summed E-state index contributed by atoms with van der Waals surface area (Å²) in [5.74, 6) is 0.648. The first-order valence-corrected chi connectivity index (χ1v) is 5.80. The maximum atomic E-state index is 5.98. The van der Waals surface area contributed by atoms with Gasteiger partial charge in [-0.15, -0.1) is 0 Å². The fourth-order valence-corrected chi connectivity index (χ4v) is 1.82. The lowest BCUT2D eigenvalue weighted by Crippen LogP contribution is -2.07. The molecule has 0 saturated heterocycles. The van der Waals surface area contributed by atoms with Crippen LogP contribution in [0.1, 0.15) is 31.5 Å². The van der Waals surface area contributed by atoms with Crippen LogP contribution >= 0.6 is 34.2 Å². The van der Waals surface area contributed by atoms with E-state index in [4.69, 9.17) is 16.3 Å². The minimum atomic E-state index is -0.116. The maximum Gasteiger partial charge on any atom is 0.158 e. The van der Waals surface area contributed by atoms with Gasteiger partial charge in [0.05, 0.1) is 9.26 Å². The molecule has 1 heterocycles. The Morgan fingerprint density at radius 3 is 2.64 bits per heavy atom. The zero-order chi connectivity index (χ0) is 10.7. The second-order valence-electron chi connectivity index (χ2n) is 2.86. The maximum absolute atomic E-state index is 5.98. The minimum Gasteiger partial charge on any atom is -0.374 e. The molecule has 0 radical (unpaired) electrons. The van der Waals surface area contributed by atoms with E-state index >= 15 is 0 Å². The monoisotopic (exact) mass is 326 g/mol. The van der Waals surface area contributed by atoms with Crippen LogP contribution in [0.4, 0.5) is 0 Å². The molecule has 14 heavy (non-hydrogen) atoms. The predicted molar refractivity (Wildman–Crippen MR) is 64.6 cm³/mol. The molecule has 1 atom stereocenters. The Morgan fingerprint density at radius 2 is 2.14 bits per heavy atom. The SMILES string of the molecule is CCc1nc(C(C)OC)nc(Cl)c1I. The van der Waals surface area contributed by atoms with Crippen LogP contribution in [0.5, 0.6) is 0 Å². The Morgan fingerprint density at radius 1 is 1.50 bits per heavy atom. The van der Waals surface area contributed by atoms with Crippen molar-refractivity contribution in [1.82, 2.24) is 9.97 Å². The number of hydrogen-bond acceptors (Lipinski definition) is 3. The van der Waals surface area contributed by atoms with Crippen molar-refractivity contribution in [3.63, 3.8) is 0 Å². The first kappa shape index (κ1) is 12.1. The van der Waals surface area contributed by atoms with E-state index < -0.39 is 0 Å². The Bertz CT molecular complexity index is 333. The van der Waals surface area contributed by atoms with Crippen molar-refractivity contribution in [2.45, 2.75) is 26.4 Å². The Labute approximate surface area is 102 Å². The highest BCUT2D eigenvalue weighted by molar-refractivity contribution is 14.1. The Balaban J connectivity index is 3.16. The molecule has 0 aromatic carbocycles. The summed E-state index contributed by atoms with van der Waals surface area (Å²) < 4.78 is 6.07. The van der Waals surface area contributed by atoms with Gasteiger partial charge in [-0.25, -0.2) is 9.97 Å². The van der Waals surface area contributed by atoms with Gasteiger partial charge < -0.3 is 4.74 Å². The average molecular weight is 327 g/mol. The van der Waals surface area contributed by atoms with Crippen molar-refractivity contribution < 1.29 is 4.74 Å². The molecule has 0 aliphatic carbocycles. The third-order valence-corrected chi connectivity index (χ3v) is 3.67. The number of halogens is 2. The van der Waals surface area contributed by atoms with Gasteiger partial charge in [-0.1, -0.05) is 18.5 Å². The van der Waals surface area contributed by atoms with E-state index in [0.29, 0.717) is 11.0 Å². The number of aromatic nitrogens is 2. The number of ether oxygens (including phenoxy) is 1. The molecule has 0 fully saturated rings. The van der Waals surface area contributed by atoms with E-state index in [0.717, 1.165) is 15.7 Å². The van der Waals surface area contributed by atoms with Gasteiger partial charge in [-0.05, 0) is 35.9 Å². The molecule has 1 aromatic rings. The quantitative estimate of drug-likeness (QED) is 0.633. The molecule has 0 spiro atoms. The Kier molecular flexibility index (Phi) is 4.53.